The Morgan fingerprint density at radius 1 is 1.21 bits per heavy atom. The number of benzene rings is 2. The van der Waals surface area contributed by atoms with Crippen LogP contribution in [0.3, 0.4) is 0 Å². The number of para-hydroxylation sites is 1. The minimum atomic E-state index is -0.891. The van der Waals surface area contributed by atoms with Gasteiger partial charge >= 0.3 is 11.8 Å². The van der Waals surface area contributed by atoms with Crippen LogP contribution < -0.4 is 20.2 Å². The molecule has 2 aromatic rings. The number of ether oxygens (including phenoxy) is 2. The third-order valence-corrected chi connectivity index (χ3v) is 4.12. The number of carbonyl (C=O) groups is 2. The van der Waals surface area contributed by atoms with Crippen molar-refractivity contribution in [2.24, 2.45) is 5.10 Å². The Morgan fingerprint density at radius 3 is 2.66 bits per heavy atom. The van der Waals surface area contributed by atoms with Crippen LogP contribution in [0.1, 0.15) is 24.5 Å². The summed E-state index contributed by atoms with van der Waals surface area (Å²) < 4.78 is 25.0. The van der Waals surface area contributed by atoms with Crippen molar-refractivity contribution in [1.82, 2.24) is 10.7 Å². The fourth-order valence-corrected chi connectivity index (χ4v) is 2.51. The molecule has 0 fully saturated rings. The molecule has 0 heterocycles. The Hall–Kier alpha value is -3.13. The quantitative estimate of drug-likeness (QED) is 0.389. The van der Waals surface area contributed by atoms with Gasteiger partial charge in [0, 0.05) is 17.7 Å². The van der Waals surface area contributed by atoms with E-state index >= 15 is 0 Å². The lowest BCUT2D eigenvalue weighted by Gasteiger charge is -2.14. The van der Waals surface area contributed by atoms with E-state index in [0.29, 0.717) is 24.3 Å². The molecule has 2 N–H and O–H groups in total. The number of methoxy groups -OCH3 is 1. The summed E-state index contributed by atoms with van der Waals surface area (Å²) in [6.07, 6.45) is 2.00. The smallest absolute Gasteiger partial charge is 0.329 e. The molecule has 9 heteroatoms. The van der Waals surface area contributed by atoms with E-state index in [1.807, 2.05) is 6.92 Å². The van der Waals surface area contributed by atoms with Gasteiger partial charge in [-0.25, -0.2) is 9.82 Å². The molecule has 0 aliphatic rings. The average molecular weight is 422 g/mol. The molecule has 29 heavy (non-hydrogen) atoms. The van der Waals surface area contributed by atoms with Gasteiger partial charge in [0.1, 0.15) is 12.4 Å². The van der Waals surface area contributed by atoms with Crippen molar-refractivity contribution in [3.05, 3.63) is 58.4 Å². The highest BCUT2D eigenvalue weighted by atomic mass is 35.5. The Kier molecular flexibility index (Phi) is 8.42. The number of carbonyl (C=O) groups excluding carboxylic acids is 2. The molecule has 0 saturated carbocycles. The molecule has 2 aromatic carbocycles. The molecule has 0 bridgehead atoms. The fourth-order valence-electron chi connectivity index (χ4n) is 2.29. The predicted molar refractivity (Wildman–Crippen MR) is 108 cm³/mol. The maximum atomic E-state index is 14.0. The van der Waals surface area contributed by atoms with E-state index in [-0.39, 0.29) is 22.9 Å². The maximum Gasteiger partial charge on any atom is 0.329 e. The lowest BCUT2D eigenvalue weighted by Crippen LogP contribution is -2.38. The SMILES string of the molecule is CCCNC(=O)C(=O)N/N=C\c1cccc(OC)c1OCc1c(F)cccc1Cl. The van der Waals surface area contributed by atoms with Crippen LogP contribution >= 0.6 is 11.6 Å². The van der Waals surface area contributed by atoms with Crippen LogP contribution in [-0.2, 0) is 16.2 Å². The van der Waals surface area contributed by atoms with Gasteiger partial charge in [0.2, 0.25) is 0 Å². The van der Waals surface area contributed by atoms with Crippen LogP contribution in [0, 0.1) is 5.82 Å². The van der Waals surface area contributed by atoms with Gasteiger partial charge in [-0.1, -0.05) is 30.7 Å². The zero-order valence-corrected chi connectivity index (χ0v) is 16.8. The third-order valence-electron chi connectivity index (χ3n) is 3.76. The average Bonchev–Trinajstić information content (AvgIpc) is 2.72. The van der Waals surface area contributed by atoms with Crippen molar-refractivity contribution in [1.29, 1.82) is 0 Å². The van der Waals surface area contributed by atoms with Crippen molar-refractivity contribution >= 4 is 29.6 Å². The zero-order chi connectivity index (χ0) is 21.2. The first-order chi connectivity index (χ1) is 14.0. The number of amides is 2. The number of nitrogens with zero attached hydrogens (tertiary/aromatic N) is 1. The summed E-state index contributed by atoms with van der Waals surface area (Å²) >= 11 is 6.03. The van der Waals surface area contributed by atoms with E-state index in [0.717, 1.165) is 0 Å². The van der Waals surface area contributed by atoms with Crippen LogP contribution in [0.5, 0.6) is 11.5 Å². The molecule has 0 spiro atoms. The van der Waals surface area contributed by atoms with Crippen LogP contribution in [0.4, 0.5) is 4.39 Å². The van der Waals surface area contributed by atoms with E-state index < -0.39 is 17.6 Å². The minimum Gasteiger partial charge on any atom is -0.493 e. The third kappa shape index (κ3) is 6.18. The van der Waals surface area contributed by atoms with E-state index in [1.165, 1.54) is 25.5 Å². The van der Waals surface area contributed by atoms with Crippen molar-refractivity contribution in [3.8, 4) is 11.5 Å². The highest BCUT2D eigenvalue weighted by Crippen LogP contribution is 2.31. The van der Waals surface area contributed by atoms with E-state index in [1.54, 1.807) is 24.3 Å². The summed E-state index contributed by atoms with van der Waals surface area (Å²) in [5.74, 6) is -1.50. The molecule has 0 atom stereocenters. The normalized spacial score (nSPS) is 10.6. The molecule has 2 rings (SSSR count). The molecule has 0 aliphatic heterocycles. The van der Waals surface area contributed by atoms with Gasteiger partial charge in [-0.15, -0.1) is 0 Å². The highest BCUT2D eigenvalue weighted by Gasteiger charge is 2.14. The Labute approximate surface area is 172 Å². The molecule has 2 amide bonds. The molecule has 154 valence electrons. The Balaban J connectivity index is 2.15. The number of hydrogen-bond donors (Lipinski definition) is 2. The first-order valence-electron chi connectivity index (χ1n) is 8.81. The standard InChI is InChI=1S/C20H21ClFN3O4/c1-3-10-23-19(26)20(27)25-24-11-13-6-4-9-17(28-2)18(13)29-12-14-15(21)7-5-8-16(14)22/h4-9,11H,3,10,12H2,1-2H3,(H,23,26)(H,25,27)/b24-11-. The summed E-state index contributed by atoms with van der Waals surface area (Å²) in [4.78, 5) is 23.2. The molecule has 0 aliphatic carbocycles. The summed E-state index contributed by atoms with van der Waals surface area (Å²) in [5, 5.41) is 6.45. The Morgan fingerprint density at radius 2 is 1.97 bits per heavy atom. The number of halogens is 2. The molecule has 7 nitrogen and oxygen atoms in total. The molecule has 0 aromatic heterocycles. The second-order valence-electron chi connectivity index (χ2n) is 5.82. The number of hydrazone groups is 1. The van der Waals surface area contributed by atoms with Gasteiger partial charge in [0.15, 0.2) is 11.5 Å². The fraction of sp³-hybridized carbons (Fsp3) is 0.250. The minimum absolute atomic E-state index is 0.140. The monoisotopic (exact) mass is 421 g/mol. The first-order valence-corrected chi connectivity index (χ1v) is 9.19. The maximum absolute atomic E-state index is 14.0. The molecular weight excluding hydrogens is 401 g/mol. The second kappa shape index (κ2) is 11.0. The van der Waals surface area contributed by atoms with Gasteiger partial charge < -0.3 is 14.8 Å². The van der Waals surface area contributed by atoms with E-state index in [4.69, 9.17) is 21.1 Å². The van der Waals surface area contributed by atoms with Gasteiger partial charge in [-0.05, 0) is 30.7 Å². The second-order valence-corrected chi connectivity index (χ2v) is 6.23. The van der Waals surface area contributed by atoms with Crippen molar-refractivity contribution in [2.75, 3.05) is 13.7 Å². The number of rotatable bonds is 8. The van der Waals surface area contributed by atoms with Gasteiger partial charge in [0.25, 0.3) is 0 Å². The van der Waals surface area contributed by atoms with Gasteiger partial charge in [0.05, 0.1) is 18.3 Å². The summed E-state index contributed by atoms with van der Waals surface area (Å²) in [6, 6.07) is 9.36. The summed E-state index contributed by atoms with van der Waals surface area (Å²) in [7, 11) is 1.46. The highest BCUT2D eigenvalue weighted by molar-refractivity contribution is 6.35. The summed E-state index contributed by atoms with van der Waals surface area (Å²) in [6.45, 7) is 2.12. The lowest BCUT2D eigenvalue weighted by molar-refractivity contribution is -0.139. The number of hydrogen-bond acceptors (Lipinski definition) is 5. The summed E-state index contributed by atoms with van der Waals surface area (Å²) in [5.41, 5.74) is 2.79. The van der Waals surface area contributed by atoms with E-state index in [2.05, 4.69) is 15.8 Å². The molecular formula is C20H21ClFN3O4. The lowest BCUT2D eigenvalue weighted by atomic mass is 10.2. The first kappa shape index (κ1) is 22.2. The topological polar surface area (TPSA) is 89.0 Å². The zero-order valence-electron chi connectivity index (χ0n) is 16.0. The van der Waals surface area contributed by atoms with E-state index in [9.17, 15) is 14.0 Å². The van der Waals surface area contributed by atoms with Crippen LogP contribution in [-0.4, -0.2) is 31.7 Å². The van der Waals surface area contributed by atoms with Gasteiger partial charge in [-0.3, -0.25) is 9.59 Å². The van der Waals surface area contributed by atoms with Crippen molar-refractivity contribution < 1.29 is 23.5 Å². The number of nitrogens with one attached hydrogen (secondary N) is 2. The largest absolute Gasteiger partial charge is 0.493 e. The van der Waals surface area contributed by atoms with Crippen LogP contribution in [0.25, 0.3) is 0 Å². The Bertz CT molecular complexity index is 885. The van der Waals surface area contributed by atoms with Crippen molar-refractivity contribution in [3.63, 3.8) is 0 Å². The van der Waals surface area contributed by atoms with Crippen molar-refractivity contribution in [2.45, 2.75) is 20.0 Å². The molecule has 0 saturated heterocycles. The van der Waals surface area contributed by atoms with Gasteiger partial charge in [-0.2, -0.15) is 5.10 Å². The predicted octanol–water partition coefficient (Wildman–Crippen LogP) is 3.04. The molecule has 0 radical (unpaired) electrons. The van der Waals surface area contributed by atoms with Crippen LogP contribution in [0.2, 0.25) is 5.02 Å². The van der Waals surface area contributed by atoms with Crippen LogP contribution in [0.15, 0.2) is 41.5 Å². The molecule has 0 unspecified atom stereocenters.